The number of ether oxygens (including phenoxy) is 1. The molecule has 1 atom stereocenters. The van der Waals surface area contributed by atoms with Gasteiger partial charge in [-0.1, -0.05) is 42.5 Å². The molecule has 5 nitrogen and oxygen atoms in total. The molecular weight excluding hydrogens is 312 g/mol. The van der Waals surface area contributed by atoms with Crippen LogP contribution in [-0.4, -0.2) is 40.8 Å². The van der Waals surface area contributed by atoms with Crippen molar-refractivity contribution in [1.29, 1.82) is 0 Å². The predicted molar refractivity (Wildman–Crippen MR) is 89.7 cm³/mol. The zero-order valence-corrected chi connectivity index (χ0v) is 13.6. The quantitative estimate of drug-likeness (QED) is 0.873. The summed E-state index contributed by atoms with van der Waals surface area (Å²) < 4.78 is 32.8. The van der Waals surface area contributed by atoms with Crippen LogP contribution in [-0.2, 0) is 14.8 Å². The lowest BCUT2D eigenvalue weighted by Gasteiger charge is -2.23. The molecule has 2 aromatic carbocycles. The zero-order chi connectivity index (χ0) is 16.1. The molecule has 0 radical (unpaired) electrons. The van der Waals surface area contributed by atoms with Crippen LogP contribution < -0.4 is 10.0 Å². The Hall–Kier alpha value is -1.73. The fourth-order valence-corrected chi connectivity index (χ4v) is 3.56. The summed E-state index contributed by atoms with van der Waals surface area (Å²) in [6.07, 6.45) is -0.123. The van der Waals surface area contributed by atoms with Crippen molar-refractivity contribution in [2.45, 2.75) is 11.0 Å². The lowest BCUT2D eigenvalue weighted by Crippen LogP contribution is -2.45. The van der Waals surface area contributed by atoms with Crippen LogP contribution in [0.25, 0.3) is 11.1 Å². The van der Waals surface area contributed by atoms with Gasteiger partial charge in [0.05, 0.1) is 17.6 Å². The minimum atomic E-state index is -3.52. The van der Waals surface area contributed by atoms with Gasteiger partial charge < -0.3 is 10.1 Å². The van der Waals surface area contributed by atoms with Gasteiger partial charge in [0.25, 0.3) is 0 Å². The molecule has 1 heterocycles. The van der Waals surface area contributed by atoms with E-state index in [4.69, 9.17) is 4.74 Å². The standard InChI is InChI=1S/C17H20N2O3S/c20-23(21,19-13-16-12-18-10-11-22-16)17-8-6-15(7-9-17)14-4-2-1-3-5-14/h1-9,16,18-19H,10-13H2. The smallest absolute Gasteiger partial charge is 0.240 e. The van der Waals surface area contributed by atoms with E-state index in [1.807, 2.05) is 42.5 Å². The molecule has 2 aromatic rings. The summed E-state index contributed by atoms with van der Waals surface area (Å²) in [6, 6.07) is 16.8. The summed E-state index contributed by atoms with van der Waals surface area (Å²) in [4.78, 5) is 0.265. The van der Waals surface area contributed by atoms with Gasteiger partial charge in [0, 0.05) is 19.6 Å². The second kappa shape index (κ2) is 7.23. The Morgan fingerprint density at radius 2 is 1.74 bits per heavy atom. The van der Waals surface area contributed by atoms with E-state index in [0.717, 1.165) is 17.7 Å². The van der Waals surface area contributed by atoms with E-state index < -0.39 is 10.0 Å². The van der Waals surface area contributed by atoms with E-state index in [-0.39, 0.29) is 17.5 Å². The summed E-state index contributed by atoms with van der Waals surface area (Å²) in [7, 11) is -3.52. The summed E-state index contributed by atoms with van der Waals surface area (Å²) in [5.74, 6) is 0. The number of benzene rings is 2. The third kappa shape index (κ3) is 4.17. The predicted octanol–water partition coefficient (Wildman–Crippen LogP) is 1.62. The molecule has 0 saturated carbocycles. The number of nitrogens with one attached hydrogen (secondary N) is 2. The maximum Gasteiger partial charge on any atom is 0.240 e. The van der Waals surface area contributed by atoms with E-state index in [1.165, 1.54) is 0 Å². The Morgan fingerprint density at radius 3 is 2.39 bits per heavy atom. The van der Waals surface area contributed by atoms with Gasteiger partial charge in [0.15, 0.2) is 0 Å². The molecule has 6 heteroatoms. The SMILES string of the molecule is O=S(=O)(NCC1CNCCO1)c1ccc(-c2ccccc2)cc1. The van der Waals surface area contributed by atoms with Crippen LogP contribution in [0.2, 0.25) is 0 Å². The Morgan fingerprint density at radius 1 is 1.04 bits per heavy atom. The van der Waals surface area contributed by atoms with Gasteiger partial charge in [-0.2, -0.15) is 0 Å². The molecule has 1 fully saturated rings. The number of morpholine rings is 1. The monoisotopic (exact) mass is 332 g/mol. The lowest BCUT2D eigenvalue weighted by molar-refractivity contribution is 0.0324. The minimum absolute atomic E-state index is 0.123. The molecule has 3 rings (SSSR count). The van der Waals surface area contributed by atoms with Crippen molar-refractivity contribution in [2.75, 3.05) is 26.2 Å². The average Bonchev–Trinajstić information content (AvgIpc) is 2.62. The van der Waals surface area contributed by atoms with Gasteiger partial charge in [0.2, 0.25) is 10.0 Å². The van der Waals surface area contributed by atoms with Gasteiger partial charge in [-0.3, -0.25) is 0 Å². The van der Waals surface area contributed by atoms with E-state index in [2.05, 4.69) is 10.0 Å². The lowest BCUT2D eigenvalue weighted by atomic mass is 10.1. The van der Waals surface area contributed by atoms with Crippen molar-refractivity contribution in [1.82, 2.24) is 10.0 Å². The molecule has 0 amide bonds. The first-order valence-electron chi connectivity index (χ1n) is 7.63. The third-order valence-electron chi connectivity index (χ3n) is 3.78. The molecular formula is C17H20N2O3S. The fraction of sp³-hybridized carbons (Fsp3) is 0.294. The number of rotatable bonds is 5. The van der Waals surface area contributed by atoms with Gasteiger partial charge >= 0.3 is 0 Å². The van der Waals surface area contributed by atoms with Crippen molar-refractivity contribution < 1.29 is 13.2 Å². The number of hydrogen-bond donors (Lipinski definition) is 2. The van der Waals surface area contributed by atoms with Crippen molar-refractivity contribution in [3.63, 3.8) is 0 Å². The largest absolute Gasteiger partial charge is 0.374 e. The maximum atomic E-state index is 12.3. The Balaban J connectivity index is 1.67. The van der Waals surface area contributed by atoms with Crippen LogP contribution >= 0.6 is 0 Å². The molecule has 2 N–H and O–H groups in total. The summed E-state index contributed by atoms with van der Waals surface area (Å²) in [5.41, 5.74) is 2.05. The fourth-order valence-electron chi connectivity index (χ4n) is 2.49. The molecule has 0 spiro atoms. The van der Waals surface area contributed by atoms with E-state index in [1.54, 1.807) is 12.1 Å². The van der Waals surface area contributed by atoms with Crippen molar-refractivity contribution in [3.05, 3.63) is 54.6 Å². The van der Waals surface area contributed by atoms with E-state index >= 15 is 0 Å². The molecule has 1 aliphatic rings. The van der Waals surface area contributed by atoms with Crippen molar-refractivity contribution >= 4 is 10.0 Å². The van der Waals surface area contributed by atoms with E-state index in [9.17, 15) is 8.42 Å². The summed E-state index contributed by atoms with van der Waals surface area (Å²) in [5, 5.41) is 3.18. The molecule has 0 aliphatic carbocycles. The normalized spacial score (nSPS) is 18.7. The second-order valence-electron chi connectivity index (χ2n) is 5.44. The van der Waals surface area contributed by atoms with Crippen molar-refractivity contribution in [3.8, 4) is 11.1 Å². The van der Waals surface area contributed by atoms with Crippen LogP contribution in [0.4, 0.5) is 0 Å². The summed E-state index contributed by atoms with van der Waals surface area (Å²) in [6.45, 7) is 2.35. The molecule has 1 aliphatic heterocycles. The molecule has 1 unspecified atom stereocenters. The van der Waals surface area contributed by atoms with Crippen LogP contribution in [0.5, 0.6) is 0 Å². The topological polar surface area (TPSA) is 67.4 Å². The second-order valence-corrected chi connectivity index (χ2v) is 7.21. The van der Waals surface area contributed by atoms with Crippen LogP contribution in [0, 0.1) is 0 Å². The first kappa shape index (κ1) is 16.1. The van der Waals surface area contributed by atoms with Gasteiger partial charge in [0.1, 0.15) is 0 Å². The Bertz CT molecular complexity index is 724. The van der Waals surface area contributed by atoms with Gasteiger partial charge in [-0.25, -0.2) is 13.1 Å². The molecule has 0 aromatic heterocycles. The zero-order valence-electron chi connectivity index (χ0n) is 12.7. The molecule has 0 bridgehead atoms. The Kier molecular flexibility index (Phi) is 5.07. The van der Waals surface area contributed by atoms with Crippen LogP contribution in [0.15, 0.2) is 59.5 Å². The number of hydrogen-bond acceptors (Lipinski definition) is 4. The number of sulfonamides is 1. The summed E-state index contributed by atoms with van der Waals surface area (Å²) >= 11 is 0. The average molecular weight is 332 g/mol. The highest BCUT2D eigenvalue weighted by atomic mass is 32.2. The third-order valence-corrected chi connectivity index (χ3v) is 5.22. The molecule has 122 valence electrons. The highest BCUT2D eigenvalue weighted by Crippen LogP contribution is 2.20. The first-order valence-corrected chi connectivity index (χ1v) is 9.11. The van der Waals surface area contributed by atoms with E-state index in [0.29, 0.717) is 13.2 Å². The van der Waals surface area contributed by atoms with Crippen LogP contribution in [0.3, 0.4) is 0 Å². The van der Waals surface area contributed by atoms with Crippen molar-refractivity contribution in [2.24, 2.45) is 0 Å². The Labute approximate surface area is 136 Å². The van der Waals surface area contributed by atoms with Crippen LogP contribution in [0.1, 0.15) is 0 Å². The maximum absolute atomic E-state index is 12.3. The highest BCUT2D eigenvalue weighted by Gasteiger charge is 2.19. The highest BCUT2D eigenvalue weighted by molar-refractivity contribution is 7.89. The molecule has 23 heavy (non-hydrogen) atoms. The van der Waals surface area contributed by atoms with Gasteiger partial charge in [-0.15, -0.1) is 0 Å². The minimum Gasteiger partial charge on any atom is -0.374 e. The molecule has 1 saturated heterocycles. The van der Waals surface area contributed by atoms with Gasteiger partial charge in [-0.05, 0) is 23.3 Å². The first-order chi connectivity index (χ1) is 11.1.